The molecule has 4 rings (SSSR count). The minimum absolute atomic E-state index is 0.119. The number of anilines is 2. The molecule has 0 aromatic heterocycles. The zero-order chi connectivity index (χ0) is 24.4. The van der Waals surface area contributed by atoms with E-state index < -0.39 is 11.8 Å². The molecular formula is C28H28N2O4. The van der Waals surface area contributed by atoms with Gasteiger partial charge < -0.3 is 14.8 Å². The summed E-state index contributed by atoms with van der Waals surface area (Å²) in [7, 11) is 1.56. The van der Waals surface area contributed by atoms with E-state index in [4.69, 9.17) is 9.47 Å². The van der Waals surface area contributed by atoms with Gasteiger partial charge in [0.1, 0.15) is 17.2 Å². The van der Waals surface area contributed by atoms with E-state index in [2.05, 4.69) is 5.32 Å². The van der Waals surface area contributed by atoms with Crippen molar-refractivity contribution in [3.05, 3.63) is 89.1 Å². The van der Waals surface area contributed by atoms with E-state index in [0.717, 1.165) is 11.1 Å². The van der Waals surface area contributed by atoms with Crippen LogP contribution in [0.1, 0.15) is 30.5 Å². The van der Waals surface area contributed by atoms with Gasteiger partial charge in [-0.25, -0.2) is 4.90 Å². The van der Waals surface area contributed by atoms with E-state index in [1.807, 2.05) is 70.2 Å². The summed E-state index contributed by atoms with van der Waals surface area (Å²) < 4.78 is 11.4. The molecular weight excluding hydrogens is 428 g/mol. The fourth-order valence-electron chi connectivity index (χ4n) is 4.09. The number of amides is 2. The molecule has 174 valence electrons. The summed E-state index contributed by atoms with van der Waals surface area (Å²) in [6.07, 6.45) is -0.119. The standard InChI is InChI=1S/C28H28N2O4/c1-17(2)34-24-13-9-7-11-22(24)30-27(31)25(20-15-14-18(3)16-19(20)4)26(28(30)32)29-21-10-6-8-12-23(21)33-5/h6-17,29H,1-5H3. The summed E-state index contributed by atoms with van der Waals surface area (Å²) in [6.45, 7) is 7.73. The molecule has 1 aliphatic rings. The van der Waals surface area contributed by atoms with E-state index >= 15 is 0 Å². The molecule has 6 nitrogen and oxygen atoms in total. The first-order valence-electron chi connectivity index (χ1n) is 11.2. The fraction of sp³-hybridized carbons (Fsp3) is 0.214. The van der Waals surface area contributed by atoms with Crippen molar-refractivity contribution in [2.75, 3.05) is 17.3 Å². The van der Waals surface area contributed by atoms with Crippen LogP contribution in [0.15, 0.2) is 72.4 Å². The summed E-state index contributed by atoms with van der Waals surface area (Å²) >= 11 is 0. The second-order valence-electron chi connectivity index (χ2n) is 8.47. The van der Waals surface area contributed by atoms with Crippen LogP contribution in [0.25, 0.3) is 5.57 Å². The molecule has 0 atom stereocenters. The second-order valence-corrected chi connectivity index (χ2v) is 8.47. The molecule has 0 unspecified atom stereocenters. The number of methoxy groups -OCH3 is 1. The molecule has 0 saturated heterocycles. The predicted octanol–water partition coefficient (Wildman–Crippen LogP) is 5.50. The van der Waals surface area contributed by atoms with Crippen LogP contribution in [0.3, 0.4) is 0 Å². The Labute approximate surface area is 199 Å². The summed E-state index contributed by atoms with van der Waals surface area (Å²) in [5.41, 5.74) is 4.19. The zero-order valence-electron chi connectivity index (χ0n) is 20.0. The number of nitrogens with zero attached hydrogens (tertiary/aromatic N) is 1. The average Bonchev–Trinajstić information content (AvgIpc) is 3.04. The van der Waals surface area contributed by atoms with Crippen LogP contribution in [-0.4, -0.2) is 25.0 Å². The van der Waals surface area contributed by atoms with Crippen molar-refractivity contribution in [2.24, 2.45) is 0 Å². The first kappa shape index (κ1) is 23.1. The third kappa shape index (κ3) is 4.27. The van der Waals surface area contributed by atoms with Gasteiger partial charge >= 0.3 is 0 Å². The van der Waals surface area contributed by atoms with Crippen molar-refractivity contribution < 1.29 is 19.1 Å². The zero-order valence-corrected chi connectivity index (χ0v) is 20.0. The van der Waals surface area contributed by atoms with E-state index in [1.165, 1.54) is 4.90 Å². The third-order valence-electron chi connectivity index (χ3n) is 5.57. The molecule has 0 fully saturated rings. The lowest BCUT2D eigenvalue weighted by molar-refractivity contribution is -0.120. The number of para-hydroxylation sites is 4. The minimum atomic E-state index is -0.453. The highest BCUT2D eigenvalue weighted by Crippen LogP contribution is 2.39. The van der Waals surface area contributed by atoms with E-state index in [-0.39, 0.29) is 11.8 Å². The monoisotopic (exact) mass is 456 g/mol. The Hall–Kier alpha value is -4.06. The van der Waals surface area contributed by atoms with Crippen LogP contribution in [0, 0.1) is 13.8 Å². The maximum atomic E-state index is 13.9. The van der Waals surface area contributed by atoms with Gasteiger partial charge in [-0.3, -0.25) is 9.59 Å². The lowest BCUT2D eigenvalue weighted by Crippen LogP contribution is -2.33. The Morgan fingerprint density at radius 3 is 2.21 bits per heavy atom. The van der Waals surface area contributed by atoms with Gasteiger partial charge in [0.25, 0.3) is 11.8 Å². The van der Waals surface area contributed by atoms with Gasteiger partial charge in [0.05, 0.1) is 30.2 Å². The summed E-state index contributed by atoms with van der Waals surface area (Å²) in [6, 6.07) is 20.2. The summed E-state index contributed by atoms with van der Waals surface area (Å²) in [4.78, 5) is 28.9. The maximum Gasteiger partial charge on any atom is 0.282 e. The molecule has 0 saturated carbocycles. The number of carbonyl (C=O) groups is 2. The van der Waals surface area contributed by atoms with Crippen LogP contribution in [0.5, 0.6) is 11.5 Å². The van der Waals surface area contributed by atoms with Crippen molar-refractivity contribution >= 4 is 28.8 Å². The SMILES string of the molecule is COc1ccccc1NC1=C(c2ccc(C)cc2C)C(=O)N(c2ccccc2OC(C)C)C1=O. The van der Waals surface area contributed by atoms with Crippen molar-refractivity contribution in [1.82, 2.24) is 0 Å². The smallest absolute Gasteiger partial charge is 0.282 e. The number of hydrogen-bond donors (Lipinski definition) is 1. The Bertz CT molecular complexity index is 1290. The molecule has 2 amide bonds. The van der Waals surface area contributed by atoms with Crippen LogP contribution in [0.2, 0.25) is 0 Å². The van der Waals surface area contributed by atoms with E-state index in [1.54, 1.807) is 31.4 Å². The lowest BCUT2D eigenvalue weighted by atomic mass is 9.97. The molecule has 1 aliphatic heterocycles. The van der Waals surface area contributed by atoms with Crippen molar-refractivity contribution in [1.29, 1.82) is 0 Å². The topological polar surface area (TPSA) is 67.9 Å². The molecule has 6 heteroatoms. The van der Waals surface area contributed by atoms with Gasteiger partial charge in [0.15, 0.2) is 0 Å². The van der Waals surface area contributed by atoms with Crippen LogP contribution in [-0.2, 0) is 9.59 Å². The van der Waals surface area contributed by atoms with Crippen LogP contribution >= 0.6 is 0 Å². The number of carbonyl (C=O) groups excluding carboxylic acids is 2. The van der Waals surface area contributed by atoms with Gasteiger partial charge in [-0.1, -0.05) is 48.0 Å². The summed E-state index contributed by atoms with van der Waals surface area (Å²) in [5, 5.41) is 3.19. The first-order valence-corrected chi connectivity index (χ1v) is 11.2. The van der Waals surface area contributed by atoms with E-state index in [9.17, 15) is 9.59 Å². The van der Waals surface area contributed by atoms with E-state index in [0.29, 0.717) is 34.0 Å². The number of hydrogen-bond acceptors (Lipinski definition) is 5. The Morgan fingerprint density at radius 1 is 0.853 bits per heavy atom. The van der Waals surface area contributed by atoms with Crippen molar-refractivity contribution in [3.63, 3.8) is 0 Å². The molecule has 3 aromatic carbocycles. The predicted molar refractivity (Wildman–Crippen MR) is 134 cm³/mol. The number of aryl methyl sites for hydroxylation is 2. The van der Waals surface area contributed by atoms with Gasteiger partial charge in [0, 0.05) is 0 Å². The van der Waals surface area contributed by atoms with Crippen molar-refractivity contribution in [2.45, 2.75) is 33.8 Å². The van der Waals surface area contributed by atoms with Gasteiger partial charge in [0.2, 0.25) is 0 Å². The minimum Gasteiger partial charge on any atom is -0.495 e. The Balaban J connectivity index is 1.88. The number of nitrogens with one attached hydrogen (secondary N) is 1. The highest BCUT2D eigenvalue weighted by Gasteiger charge is 2.42. The van der Waals surface area contributed by atoms with Crippen LogP contribution < -0.4 is 19.7 Å². The molecule has 0 bridgehead atoms. The number of rotatable bonds is 7. The quantitative estimate of drug-likeness (QED) is 0.476. The molecule has 34 heavy (non-hydrogen) atoms. The van der Waals surface area contributed by atoms with Gasteiger partial charge in [-0.2, -0.15) is 0 Å². The highest BCUT2D eigenvalue weighted by molar-refractivity contribution is 6.46. The first-order chi connectivity index (χ1) is 16.3. The van der Waals surface area contributed by atoms with Gasteiger partial charge in [-0.05, 0) is 63.1 Å². The third-order valence-corrected chi connectivity index (χ3v) is 5.57. The molecule has 0 aliphatic carbocycles. The Morgan fingerprint density at radius 2 is 1.53 bits per heavy atom. The normalized spacial score (nSPS) is 13.6. The molecule has 3 aromatic rings. The molecule has 0 radical (unpaired) electrons. The number of benzene rings is 3. The molecule has 1 heterocycles. The lowest BCUT2D eigenvalue weighted by Gasteiger charge is -2.21. The summed E-state index contributed by atoms with van der Waals surface area (Å²) in [5.74, 6) is 0.176. The fourth-order valence-corrected chi connectivity index (χ4v) is 4.09. The second kappa shape index (κ2) is 9.43. The number of ether oxygens (including phenoxy) is 2. The molecule has 0 spiro atoms. The van der Waals surface area contributed by atoms with Crippen LogP contribution in [0.4, 0.5) is 11.4 Å². The van der Waals surface area contributed by atoms with Gasteiger partial charge in [-0.15, -0.1) is 0 Å². The Kier molecular flexibility index (Phi) is 6.41. The molecule has 1 N–H and O–H groups in total. The highest BCUT2D eigenvalue weighted by atomic mass is 16.5. The average molecular weight is 457 g/mol. The maximum absolute atomic E-state index is 13.9. The largest absolute Gasteiger partial charge is 0.495 e. The number of imide groups is 1. The van der Waals surface area contributed by atoms with Crippen molar-refractivity contribution in [3.8, 4) is 11.5 Å².